The fourth-order valence-corrected chi connectivity index (χ4v) is 5.42. The van der Waals surface area contributed by atoms with Crippen molar-refractivity contribution in [3.8, 4) is 11.5 Å². The molecular weight excluding hydrogens is 475 g/mol. The summed E-state index contributed by atoms with van der Waals surface area (Å²) in [6.45, 7) is 1.27. The number of carbonyl (C=O) groups excluding carboxylic acids is 1. The number of nitrogens with zero attached hydrogens (tertiary/aromatic N) is 1. The second kappa shape index (κ2) is 11.2. The molecule has 1 aliphatic rings. The van der Waals surface area contributed by atoms with E-state index in [4.69, 9.17) is 32.7 Å². The molecule has 0 radical (unpaired) electrons. The Kier molecular flexibility index (Phi) is 8.64. The molecule has 7 nitrogen and oxygen atoms in total. The van der Waals surface area contributed by atoms with Crippen molar-refractivity contribution in [2.45, 2.75) is 18.6 Å². The highest BCUT2D eigenvalue weighted by molar-refractivity contribution is 7.88. The number of nitrogens with one attached hydrogen (secondary N) is 1. The summed E-state index contributed by atoms with van der Waals surface area (Å²) in [4.78, 5) is 12.5. The normalized spacial score (nSPS) is 15.3. The predicted molar refractivity (Wildman–Crippen MR) is 125 cm³/mol. The first-order chi connectivity index (χ1) is 15.3. The number of rotatable bonds is 9. The van der Waals surface area contributed by atoms with Crippen LogP contribution in [-0.4, -0.2) is 52.0 Å². The standard InChI is InChI=1S/C22H26Cl2N2O5S/c1-30-20-4-2-3-5-21(20)31-13-10-25-22(27)17-8-11-26(12-9-17)32(28,29)15-16-6-7-18(23)19(24)14-16/h2-7,14,17H,8-13,15H2,1H3,(H,25,27). The van der Waals surface area contributed by atoms with Crippen LogP contribution in [-0.2, 0) is 20.6 Å². The summed E-state index contributed by atoms with van der Waals surface area (Å²) in [7, 11) is -1.93. The van der Waals surface area contributed by atoms with Gasteiger partial charge in [0, 0.05) is 19.0 Å². The summed E-state index contributed by atoms with van der Waals surface area (Å²) in [5, 5.41) is 3.57. The van der Waals surface area contributed by atoms with Gasteiger partial charge in [0.1, 0.15) is 6.61 Å². The van der Waals surface area contributed by atoms with Gasteiger partial charge in [-0.05, 0) is 42.7 Å². The van der Waals surface area contributed by atoms with Crippen molar-refractivity contribution in [1.29, 1.82) is 0 Å². The number of ether oxygens (including phenoxy) is 2. The van der Waals surface area contributed by atoms with Crippen LogP contribution in [0.2, 0.25) is 10.0 Å². The molecule has 0 aromatic heterocycles. The van der Waals surface area contributed by atoms with Crippen LogP contribution in [0.15, 0.2) is 42.5 Å². The predicted octanol–water partition coefficient (Wildman–Crippen LogP) is 3.74. The van der Waals surface area contributed by atoms with Gasteiger partial charge < -0.3 is 14.8 Å². The molecule has 1 aliphatic heterocycles. The number of piperidine rings is 1. The molecule has 3 rings (SSSR count). The number of benzene rings is 2. The maximum Gasteiger partial charge on any atom is 0.223 e. The van der Waals surface area contributed by atoms with Crippen molar-refractivity contribution in [3.05, 3.63) is 58.1 Å². The van der Waals surface area contributed by atoms with Gasteiger partial charge in [-0.2, -0.15) is 0 Å². The molecule has 1 saturated heterocycles. The lowest BCUT2D eigenvalue weighted by molar-refractivity contribution is -0.126. The lowest BCUT2D eigenvalue weighted by Gasteiger charge is -2.30. The van der Waals surface area contributed by atoms with Crippen molar-refractivity contribution >= 4 is 39.1 Å². The Hall–Kier alpha value is -2.00. The van der Waals surface area contributed by atoms with Crippen LogP contribution < -0.4 is 14.8 Å². The molecule has 1 N–H and O–H groups in total. The van der Waals surface area contributed by atoms with Gasteiger partial charge in [-0.3, -0.25) is 4.79 Å². The molecule has 0 aliphatic carbocycles. The van der Waals surface area contributed by atoms with Crippen molar-refractivity contribution in [1.82, 2.24) is 9.62 Å². The minimum Gasteiger partial charge on any atom is -0.493 e. The van der Waals surface area contributed by atoms with E-state index in [-0.39, 0.29) is 17.6 Å². The number of hydrogen-bond acceptors (Lipinski definition) is 5. The zero-order valence-electron chi connectivity index (χ0n) is 17.7. The maximum absolute atomic E-state index is 12.7. The van der Waals surface area contributed by atoms with E-state index < -0.39 is 10.0 Å². The van der Waals surface area contributed by atoms with Gasteiger partial charge in [0.05, 0.1) is 29.5 Å². The van der Waals surface area contributed by atoms with Gasteiger partial charge in [0.2, 0.25) is 15.9 Å². The molecule has 174 valence electrons. The smallest absolute Gasteiger partial charge is 0.223 e. The van der Waals surface area contributed by atoms with Crippen LogP contribution in [0.25, 0.3) is 0 Å². The summed E-state index contributed by atoms with van der Waals surface area (Å²) < 4.78 is 37.8. The lowest BCUT2D eigenvalue weighted by Crippen LogP contribution is -2.43. The van der Waals surface area contributed by atoms with Crippen molar-refractivity contribution in [2.75, 3.05) is 33.4 Å². The number of halogens is 2. The summed E-state index contributed by atoms with van der Waals surface area (Å²) in [6.07, 6.45) is 0.944. The number of carbonyl (C=O) groups is 1. The molecule has 2 aromatic carbocycles. The van der Waals surface area contributed by atoms with Gasteiger partial charge >= 0.3 is 0 Å². The quantitative estimate of drug-likeness (QED) is 0.530. The highest BCUT2D eigenvalue weighted by Crippen LogP contribution is 2.27. The van der Waals surface area contributed by atoms with Gasteiger partial charge in [-0.25, -0.2) is 12.7 Å². The van der Waals surface area contributed by atoms with Crippen LogP contribution in [0.5, 0.6) is 11.5 Å². The number of para-hydroxylation sites is 2. The second-order valence-electron chi connectivity index (χ2n) is 7.47. The Morgan fingerprint density at radius 3 is 2.44 bits per heavy atom. The molecule has 0 unspecified atom stereocenters. The van der Waals surface area contributed by atoms with Crippen LogP contribution in [0.3, 0.4) is 0 Å². The van der Waals surface area contributed by atoms with Crippen LogP contribution >= 0.6 is 23.2 Å². The summed E-state index contributed by atoms with van der Waals surface area (Å²) in [5.74, 6) is 0.784. The molecule has 0 bridgehead atoms. The minimum atomic E-state index is -3.51. The van der Waals surface area contributed by atoms with Crippen molar-refractivity contribution < 1.29 is 22.7 Å². The topological polar surface area (TPSA) is 84.9 Å². The summed E-state index contributed by atoms with van der Waals surface area (Å²) in [5.41, 5.74) is 0.578. The molecule has 2 aromatic rings. The van der Waals surface area contributed by atoms with Crippen LogP contribution in [0.1, 0.15) is 18.4 Å². The van der Waals surface area contributed by atoms with E-state index in [1.165, 1.54) is 4.31 Å². The largest absolute Gasteiger partial charge is 0.493 e. The fourth-order valence-electron chi connectivity index (χ4n) is 3.55. The van der Waals surface area contributed by atoms with Gasteiger partial charge in [-0.1, -0.05) is 41.4 Å². The van der Waals surface area contributed by atoms with E-state index in [1.807, 2.05) is 12.1 Å². The molecule has 0 saturated carbocycles. The van der Waals surface area contributed by atoms with E-state index >= 15 is 0 Å². The monoisotopic (exact) mass is 500 g/mol. The molecule has 1 fully saturated rings. The second-order valence-corrected chi connectivity index (χ2v) is 10.3. The third-order valence-corrected chi connectivity index (χ3v) is 7.87. The Balaban J connectivity index is 1.43. The molecule has 0 atom stereocenters. The van der Waals surface area contributed by atoms with Crippen LogP contribution in [0, 0.1) is 5.92 Å². The first-order valence-electron chi connectivity index (χ1n) is 10.3. The highest BCUT2D eigenvalue weighted by Gasteiger charge is 2.31. The Bertz CT molecular complexity index is 1040. The molecule has 10 heteroatoms. The van der Waals surface area contributed by atoms with E-state index in [9.17, 15) is 13.2 Å². The average Bonchev–Trinajstić information content (AvgIpc) is 2.79. The van der Waals surface area contributed by atoms with Gasteiger partial charge in [-0.15, -0.1) is 0 Å². The Morgan fingerprint density at radius 2 is 1.78 bits per heavy atom. The van der Waals surface area contributed by atoms with E-state index in [2.05, 4.69) is 5.32 Å². The summed E-state index contributed by atoms with van der Waals surface area (Å²) >= 11 is 11.9. The molecule has 0 spiro atoms. The molecule has 32 heavy (non-hydrogen) atoms. The fraction of sp³-hybridized carbons (Fsp3) is 0.409. The van der Waals surface area contributed by atoms with E-state index in [1.54, 1.807) is 37.4 Å². The zero-order chi connectivity index (χ0) is 23.1. The number of methoxy groups -OCH3 is 1. The van der Waals surface area contributed by atoms with Gasteiger partial charge in [0.15, 0.2) is 11.5 Å². The Labute approximate surface area is 198 Å². The molecule has 1 heterocycles. The number of sulfonamides is 1. The summed E-state index contributed by atoms with van der Waals surface area (Å²) in [6, 6.07) is 12.1. The first kappa shape index (κ1) is 24.6. The number of amides is 1. The van der Waals surface area contributed by atoms with E-state index in [0.29, 0.717) is 66.2 Å². The maximum atomic E-state index is 12.7. The average molecular weight is 501 g/mol. The molecular formula is C22H26Cl2N2O5S. The zero-order valence-corrected chi connectivity index (χ0v) is 20.0. The third kappa shape index (κ3) is 6.51. The number of hydrogen-bond donors (Lipinski definition) is 1. The van der Waals surface area contributed by atoms with Crippen molar-refractivity contribution in [2.24, 2.45) is 5.92 Å². The first-order valence-corrected chi connectivity index (χ1v) is 12.6. The van der Waals surface area contributed by atoms with Gasteiger partial charge in [0.25, 0.3) is 0 Å². The van der Waals surface area contributed by atoms with Crippen molar-refractivity contribution in [3.63, 3.8) is 0 Å². The Morgan fingerprint density at radius 1 is 1.09 bits per heavy atom. The SMILES string of the molecule is COc1ccccc1OCCNC(=O)C1CCN(S(=O)(=O)Cc2ccc(Cl)c(Cl)c2)CC1. The minimum absolute atomic E-state index is 0.0878. The van der Waals surface area contributed by atoms with Crippen LogP contribution in [0.4, 0.5) is 0 Å². The highest BCUT2D eigenvalue weighted by atomic mass is 35.5. The third-order valence-electron chi connectivity index (χ3n) is 5.28. The van der Waals surface area contributed by atoms with E-state index in [0.717, 1.165) is 0 Å². The lowest BCUT2D eigenvalue weighted by atomic mass is 9.97. The molecule has 1 amide bonds.